The highest BCUT2D eigenvalue weighted by atomic mass is 16.5. The van der Waals surface area contributed by atoms with Crippen molar-refractivity contribution in [2.45, 2.75) is 46.5 Å². The summed E-state index contributed by atoms with van der Waals surface area (Å²) in [5, 5.41) is 0. The van der Waals surface area contributed by atoms with Gasteiger partial charge < -0.3 is 9.53 Å². The Labute approximate surface area is 104 Å². The SMILES string of the molecule is CCOC(=O)/C=C(/C)CC/C=C(/C)CCC=O. The highest BCUT2D eigenvalue weighted by Gasteiger charge is 1.97. The number of carbonyl (C=O) groups excluding carboxylic acids is 2. The molecule has 0 aromatic carbocycles. The summed E-state index contributed by atoms with van der Waals surface area (Å²) in [6.07, 6.45) is 7.74. The fourth-order valence-electron chi connectivity index (χ4n) is 1.39. The maximum Gasteiger partial charge on any atom is 0.330 e. The monoisotopic (exact) mass is 238 g/mol. The van der Waals surface area contributed by atoms with Gasteiger partial charge in [-0.2, -0.15) is 0 Å². The molecule has 3 nitrogen and oxygen atoms in total. The predicted molar refractivity (Wildman–Crippen MR) is 68.7 cm³/mol. The summed E-state index contributed by atoms with van der Waals surface area (Å²) in [7, 11) is 0. The molecule has 0 saturated heterocycles. The molecular formula is C14H22O3. The van der Waals surface area contributed by atoms with Gasteiger partial charge in [-0.1, -0.05) is 17.2 Å². The second-order valence-corrected chi connectivity index (χ2v) is 4.04. The molecule has 0 amide bonds. The van der Waals surface area contributed by atoms with Crippen molar-refractivity contribution in [3.05, 3.63) is 23.3 Å². The molecule has 0 unspecified atom stereocenters. The molecule has 0 aliphatic rings. The number of esters is 1. The van der Waals surface area contributed by atoms with Crippen LogP contribution in [0.4, 0.5) is 0 Å². The minimum absolute atomic E-state index is 0.272. The molecule has 3 heteroatoms. The van der Waals surface area contributed by atoms with E-state index in [0.717, 1.165) is 31.1 Å². The average molecular weight is 238 g/mol. The van der Waals surface area contributed by atoms with Gasteiger partial charge in [-0.3, -0.25) is 0 Å². The molecule has 0 aromatic rings. The number of carbonyl (C=O) groups is 2. The first kappa shape index (κ1) is 15.6. The molecule has 0 radical (unpaired) electrons. The lowest BCUT2D eigenvalue weighted by Crippen LogP contribution is -2.00. The van der Waals surface area contributed by atoms with Crippen LogP contribution in [0.15, 0.2) is 23.3 Å². The summed E-state index contributed by atoms with van der Waals surface area (Å²) in [4.78, 5) is 21.3. The minimum atomic E-state index is -0.272. The van der Waals surface area contributed by atoms with E-state index in [-0.39, 0.29) is 5.97 Å². The summed E-state index contributed by atoms with van der Waals surface area (Å²) in [5.41, 5.74) is 2.24. The van der Waals surface area contributed by atoms with Gasteiger partial charge in [-0.05, 0) is 40.0 Å². The van der Waals surface area contributed by atoms with Crippen LogP contribution in [0.25, 0.3) is 0 Å². The van der Waals surface area contributed by atoms with Crippen molar-refractivity contribution < 1.29 is 14.3 Å². The Kier molecular flexibility index (Phi) is 9.02. The highest BCUT2D eigenvalue weighted by molar-refractivity contribution is 5.82. The zero-order chi connectivity index (χ0) is 13.1. The zero-order valence-electron chi connectivity index (χ0n) is 11.0. The summed E-state index contributed by atoms with van der Waals surface area (Å²) in [6.45, 7) is 6.15. The van der Waals surface area contributed by atoms with Crippen LogP contribution in [-0.2, 0) is 14.3 Å². The van der Waals surface area contributed by atoms with E-state index in [1.165, 1.54) is 11.6 Å². The standard InChI is InChI=1S/C14H22O3/c1-4-17-14(16)11-13(3)8-5-7-12(2)9-6-10-15/h7,10-11H,4-6,8-9H2,1-3H3/b12-7-,13-11-. The van der Waals surface area contributed by atoms with E-state index in [1.807, 2.05) is 13.8 Å². The number of hydrogen-bond acceptors (Lipinski definition) is 3. The second kappa shape index (κ2) is 9.82. The van der Waals surface area contributed by atoms with Gasteiger partial charge in [0, 0.05) is 12.5 Å². The lowest BCUT2D eigenvalue weighted by Gasteiger charge is -2.01. The van der Waals surface area contributed by atoms with Gasteiger partial charge in [-0.15, -0.1) is 0 Å². The molecule has 0 spiro atoms. The number of rotatable bonds is 8. The largest absolute Gasteiger partial charge is 0.463 e. The topological polar surface area (TPSA) is 43.4 Å². The number of hydrogen-bond donors (Lipinski definition) is 0. The van der Waals surface area contributed by atoms with Crippen molar-refractivity contribution in [2.75, 3.05) is 6.61 Å². The highest BCUT2D eigenvalue weighted by Crippen LogP contribution is 2.09. The molecule has 96 valence electrons. The third-order valence-corrected chi connectivity index (χ3v) is 2.34. The van der Waals surface area contributed by atoms with E-state index in [4.69, 9.17) is 4.74 Å². The van der Waals surface area contributed by atoms with E-state index < -0.39 is 0 Å². The van der Waals surface area contributed by atoms with Crippen LogP contribution < -0.4 is 0 Å². The van der Waals surface area contributed by atoms with Crippen LogP contribution in [0.3, 0.4) is 0 Å². The van der Waals surface area contributed by atoms with Gasteiger partial charge in [0.05, 0.1) is 6.61 Å². The molecule has 0 rings (SSSR count). The molecule has 0 fully saturated rings. The molecule has 0 atom stereocenters. The van der Waals surface area contributed by atoms with E-state index in [2.05, 4.69) is 6.08 Å². The first-order valence-corrected chi connectivity index (χ1v) is 6.03. The normalized spacial score (nSPS) is 12.4. The maximum atomic E-state index is 11.1. The van der Waals surface area contributed by atoms with Crippen LogP contribution >= 0.6 is 0 Å². The van der Waals surface area contributed by atoms with Gasteiger partial charge in [-0.25, -0.2) is 4.79 Å². The van der Waals surface area contributed by atoms with Crippen molar-refractivity contribution in [3.63, 3.8) is 0 Å². The van der Waals surface area contributed by atoms with Crippen LogP contribution in [0.2, 0.25) is 0 Å². The van der Waals surface area contributed by atoms with Crippen LogP contribution in [0, 0.1) is 0 Å². The van der Waals surface area contributed by atoms with Crippen LogP contribution in [0.1, 0.15) is 46.5 Å². The molecule has 0 aliphatic heterocycles. The van der Waals surface area contributed by atoms with Crippen LogP contribution in [0.5, 0.6) is 0 Å². The molecular weight excluding hydrogens is 216 g/mol. The van der Waals surface area contributed by atoms with E-state index in [9.17, 15) is 9.59 Å². The van der Waals surface area contributed by atoms with Crippen molar-refractivity contribution in [1.82, 2.24) is 0 Å². The van der Waals surface area contributed by atoms with Crippen molar-refractivity contribution >= 4 is 12.3 Å². The summed E-state index contributed by atoms with van der Waals surface area (Å²) >= 11 is 0. The lowest BCUT2D eigenvalue weighted by atomic mass is 10.1. The van der Waals surface area contributed by atoms with E-state index in [0.29, 0.717) is 13.0 Å². The summed E-state index contributed by atoms with van der Waals surface area (Å²) in [6, 6.07) is 0. The Morgan fingerprint density at radius 1 is 1.12 bits per heavy atom. The molecule has 17 heavy (non-hydrogen) atoms. The Hall–Kier alpha value is -1.38. The average Bonchev–Trinajstić information content (AvgIpc) is 2.26. The molecule has 0 saturated carbocycles. The lowest BCUT2D eigenvalue weighted by molar-refractivity contribution is -0.137. The molecule has 0 N–H and O–H groups in total. The third kappa shape index (κ3) is 9.54. The van der Waals surface area contributed by atoms with Gasteiger partial charge in [0.25, 0.3) is 0 Å². The Morgan fingerprint density at radius 2 is 1.76 bits per heavy atom. The van der Waals surface area contributed by atoms with Gasteiger partial charge >= 0.3 is 5.97 Å². The number of ether oxygens (including phenoxy) is 1. The van der Waals surface area contributed by atoms with Crippen LogP contribution in [-0.4, -0.2) is 18.9 Å². The number of allylic oxidation sites excluding steroid dienone is 3. The number of aldehydes is 1. The molecule has 0 bridgehead atoms. The minimum Gasteiger partial charge on any atom is -0.463 e. The Balaban J connectivity index is 3.94. The predicted octanol–water partition coefficient (Wildman–Crippen LogP) is 3.20. The molecule has 0 aromatic heterocycles. The Bertz CT molecular complexity index is 301. The van der Waals surface area contributed by atoms with Gasteiger partial charge in [0.2, 0.25) is 0 Å². The van der Waals surface area contributed by atoms with E-state index in [1.54, 1.807) is 6.92 Å². The van der Waals surface area contributed by atoms with E-state index >= 15 is 0 Å². The quantitative estimate of drug-likeness (QED) is 0.282. The van der Waals surface area contributed by atoms with Gasteiger partial charge in [0.1, 0.15) is 6.29 Å². The van der Waals surface area contributed by atoms with Gasteiger partial charge in [0.15, 0.2) is 0 Å². The molecule has 0 heterocycles. The smallest absolute Gasteiger partial charge is 0.330 e. The molecule has 0 aliphatic carbocycles. The fraction of sp³-hybridized carbons (Fsp3) is 0.571. The first-order chi connectivity index (χ1) is 8.10. The third-order valence-electron chi connectivity index (χ3n) is 2.34. The second-order valence-electron chi connectivity index (χ2n) is 4.04. The van der Waals surface area contributed by atoms with Crippen molar-refractivity contribution in [2.24, 2.45) is 0 Å². The zero-order valence-corrected chi connectivity index (χ0v) is 11.0. The first-order valence-electron chi connectivity index (χ1n) is 6.03. The summed E-state index contributed by atoms with van der Waals surface area (Å²) < 4.78 is 4.82. The fourth-order valence-corrected chi connectivity index (χ4v) is 1.39. The van der Waals surface area contributed by atoms with Crippen molar-refractivity contribution in [3.8, 4) is 0 Å². The maximum absolute atomic E-state index is 11.1. The van der Waals surface area contributed by atoms with Crippen molar-refractivity contribution in [1.29, 1.82) is 0 Å². The summed E-state index contributed by atoms with van der Waals surface area (Å²) in [5.74, 6) is -0.272. The Morgan fingerprint density at radius 3 is 2.35 bits per heavy atom.